The van der Waals surface area contributed by atoms with Gasteiger partial charge in [0.05, 0.1) is 4.90 Å². The van der Waals surface area contributed by atoms with Crippen molar-refractivity contribution in [1.82, 2.24) is 9.62 Å². The Balaban J connectivity index is 1.56. The number of benzene rings is 2. The number of nitrogens with zero attached hydrogens (tertiary/aromatic N) is 2. The van der Waals surface area contributed by atoms with Crippen LogP contribution in [0.2, 0.25) is 0 Å². The summed E-state index contributed by atoms with van der Waals surface area (Å²) < 4.78 is 32.6. The van der Waals surface area contributed by atoms with Crippen molar-refractivity contribution in [2.45, 2.75) is 43.2 Å². The Kier molecular flexibility index (Phi) is 6.27. The maximum Gasteiger partial charge on any atom is 0.331 e. The van der Waals surface area contributed by atoms with Gasteiger partial charge in [-0.25, -0.2) is 13.2 Å². The second kappa shape index (κ2) is 9.12. The number of hydrogen-bond acceptors (Lipinski definition) is 6. The molecule has 1 fully saturated rings. The number of amidine groups is 1. The van der Waals surface area contributed by atoms with Gasteiger partial charge in [0.25, 0.3) is 15.9 Å². The maximum absolute atomic E-state index is 13.2. The molecule has 32 heavy (non-hydrogen) atoms. The summed E-state index contributed by atoms with van der Waals surface area (Å²) in [6, 6.07) is 14.3. The summed E-state index contributed by atoms with van der Waals surface area (Å²) in [7, 11) is -3.71. The van der Waals surface area contributed by atoms with Gasteiger partial charge >= 0.3 is 5.97 Å². The first-order valence-electron chi connectivity index (χ1n) is 10.6. The van der Waals surface area contributed by atoms with Gasteiger partial charge in [-0.1, -0.05) is 42.5 Å². The molecule has 1 amide bonds. The highest BCUT2D eigenvalue weighted by atomic mass is 32.2. The lowest BCUT2D eigenvalue weighted by Crippen LogP contribution is -2.41. The molecule has 2 atom stereocenters. The number of likely N-dealkylation sites (tertiary alicyclic amines) is 1. The van der Waals surface area contributed by atoms with Crippen molar-refractivity contribution in [3.8, 4) is 0 Å². The topological polar surface area (TPSA) is 105 Å². The molecule has 0 spiro atoms. The highest BCUT2D eigenvalue weighted by Gasteiger charge is 2.34. The van der Waals surface area contributed by atoms with Crippen molar-refractivity contribution in [2.75, 3.05) is 13.1 Å². The Morgan fingerprint density at radius 2 is 1.66 bits per heavy atom. The Hall–Kier alpha value is -3.20. The van der Waals surface area contributed by atoms with E-state index < -0.39 is 28.1 Å². The van der Waals surface area contributed by atoms with Gasteiger partial charge in [0.1, 0.15) is 11.9 Å². The van der Waals surface area contributed by atoms with Crippen LogP contribution in [0.1, 0.15) is 43.4 Å². The molecule has 0 bridgehead atoms. The number of aliphatic imine (C=N–C) groups is 1. The van der Waals surface area contributed by atoms with Crippen molar-refractivity contribution in [3.05, 3.63) is 65.7 Å². The zero-order valence-corrected chi connectivity index (χ0v) is 18.5. The highest BCUT2D eigenvalue weighted by Crippen LogP contribution is 2.25. The molecule has 2 heterocycles. The van der Waals surface area contributed by atoms with E-state index in [2.05, 4.69) is 9.71 Å². The molecule has 8 nitrogen and oxygen atoms in total. The predicted molar refractivity (Wildman–Crippen MR) is 118 cm³/mol. The van der Waals surface area contributed by atoms with E-state index >= 15 is 0 Å². The van der Waals surface area contributed by atoms with Gasteiger partial charge in [0, 0.05) is 24.2 Å². The fraction of sp³-hybridized carbons (Fsp3) is 0.348. The second-order valence-corrected chi connectivity index (χ2v) is 9.52. The monoisotopic (exact) mass is 455 g/mol. The number of amides is 1. The minimum atomic E-state index is -3.71. The van der Waals surface area contributed by atoms with E-state index in [-0.39, 0.29) is 16.6 Å². The van der Waals surface area contributed by atoms with Crippen LogP contribution in [-0.2, 0) is 24.3 Å². The molecular weight excluding hydrogens is 430 g/mol. The Morgan fingerprint density at radius 1 is 1.00 bits per heavy atom. The van der Waals surface area contributed by atoms with Gasteiger partial charge in [-0.3, -0.25) is 14.5 Å². The minimum absolute atomic E-state index is 0.0867. The van der Waals surface area contributed by atoms with E-state index in [1.165, 1.54) is 13.0 Å². The van der Waals surface area contributed by atoms with Crippen LogP contribution in [0.3, 0.4) is 0 Å². The highest BCUT2D eigenvalue weighted by molar-refractivity contribution is 7.90. The summed E-state index contributed by atoms with van der Waals surface area (Å²) in [5.41, 5.74) is 0.986. The van der Waals surface area contributed by atoms with Crippen molar-refractivity contribution in [2.24, 2.45) is 4.99 Å². The average molecular weight is 456 g/mol. The van der Waals surface area contributed by atoms with Gasteiger partial charge in [-0.2, -0.15) is 0 Å². The summed E-state index contributed by atoms with van der Waals surface area (Å²) in [6.45, 7) is 2.78. The van der Waals surface area contributed by atoms with Crippen molar-refractivity contribution >= 4 is 27.7 Å². The van der Waals surface area contributed by atoms with E-state index in [4.69, 9.17) is 4.74 Å². The van der Waals surface area contributed by atoms with E-state index in [0.29, 0.717) is 24.2 Å². The predicted octanol–water partition coefficient (Wildman–Crippen LogP) is 2.41. The third-order valence-electron chi connectivity index (χ3n) is 5.55. The van der Waals surface area contributed by atoms with Crippen LogP contribution in [-0.4, -0.2) is 50.2 Å². The number of sulfonamides is 1. The molecule has 4 rings (SSSR count). The number of nitrogens with one attached hydrogen (secondary N) is 1. The summed E-state index contributed by atoms with van der Waals surface area (Å²) in [6.07, 6.45) is 1.85. The number of piperidine rings is 1. The smallest absolute Gasteiger partial charge is 0.331 e. The number of carbonyl (C=O) groups is 2. The van der Waals surface area contributed by atoms with Gasteiger partial charge in [0.15, 0.2) is 0 Å². The van der Waals surface area contributed by atoms with E-state index in [9.17, 15) is 18.0 Å². The Bertz CT molecular complexity index is 1140. The molecule has 1 saturated heterocycles. The first-order chi connectivity index (χ1) is 15.4. The van der Waals surface area contributed by atoms with Crippen LogP contribution in [0.15, 0.2) is 64.5 Å². The van der Waals surface area contributed by atoms with Crippen LogP contribution < -0.4 is 4.72 Å². The number of rotatable bonds is 5. The van der Waals surface area contributed by atoms with Crippen LogP contribution >= 0.6 is 0 Å². The van der Waals surface area contributed by atoms with Crippen molar-refractivity contribution < 1.29 is 22.7 Å². The maximum atomic E-state index is 13.2. The van der Waals surface area contributed by atoms with Crippen LogP contribution in [0, 0.1) is 0 Å². The van der Waals surface area contributed by atoms with E-state index in [0.717, 1.165) is 19.3 Å². The van der Waals surface area contributed by atoms with E-state index in [1.54, 1.807) is 47.4 Å². The molecule has 9 heteroatoms. The second-order valence-electron chi connectivity index (χ2n) is 7.87. The summed E-state index contributed by atoms with van der Waals surface area (Å²) in [5, 5.41) is 0. The molecule has 2 aromatic rings. The number of esters is 1. The lowest BCUT2D eigenvalue weighted by molar-refractivity contribution is -0.162. The van der Waals surface area contributed by atoms with Crippen LogP contribution in [0.5, 0.6) is 0 Å². The molecule has 2 aromatic carbocycles. The van der Waals surface area contributed by atoms with E-state index in [1.807, 2.05) is 6.07 Å². The normalized spacial score (nSPS) is 20.2. The third-order valence-corrected chi connectivity index (χ3v) is 6.95. The molecule has 0 saturated carbocycles. The Morgan fingerprint density at radius 3 is 2.38 bits per heavy atom. The zero-order chi connectivity index (χ0) is 22.7. The lowest BCUT2D eigenvalue weighted by atomic mass is 10.1. The quantitative estimate of drug-likeness (QED) is 0.697. The van der Waals surface area contributed by atoms with Gasteiger partial charge in [-0.15, -0.1) is 0 Å². The summed E-state index contributed by atoms with van der Waals surface area (Å²) in [4.78, 5) is 32.2. The van der Waals surface area contributed by atoms with Crippen molar-refractivity contribution in [3.63, 3.8) is 0 Å². The number of hydrogen-bond donors (Lipinski definition) is 1. The number of ether oxygens (including phenoxy) is 1. The Labute approximate surface area is 187 Å². The number of carbonyl (C=O) groups excluding carboxylic acids is 2. The molecule has 2 aliphatic rings. The fourth-order valence-electron chi connectivity index (χ4n) is 3.86. The molecule has 168 valence electrons. The van der Waals surface area contributed by atoms with Gasteiger partial charge < -0.3 is 9.64 Å². The SMILES string of the molecule is CC(N=C1NS(=O)(=O)c2ccccc21)C(=O)OC(C(=O)N1CCCCC1)c1ccccc1. The molecule has 1 N–H and O–H groups in total. The molecule has 2 unspecified atom stereocenters. The van der Waals surface area contributed by atoms with Gasteiger partial charge in [-0.05, 0) is 38.3 Å². The van der Waals surface area contributed by atoms with Crippen LogP contribution in [0.4, 0.5) is 0 Å². The van der Waals surface area contributed by atoms with Gasteiger partial charge in [0.2, 0.25) is 6.10 Å². The average Bonchev–Trinajstić information content (AvgIpc) is 3.08. The minimum Gasteiger partial charge on any atom is -0.446 e. The fourth-order valence-corrected chi connectivity index (χ4v) is 5.10. The molecule has 0 aliphatic carbocycles. The van der Waals surface area contributed by atoms with Crippen molar-refractivity contribution in [1.29, 1.82) is 0 Å². The largest absolute Gasteiger partial charge is 0.446 e. The number of fused-ring (bicyclic) bond motifs is 1. The molecule has 2 aliphatic heterocycles. The molecular formula is C23H25N3O5S. The lowest BCUT2D eigenvalue weighted by Gasteiger charge is -2.30. The first kappa shape index (κ1) is 22.0. The summed E-state index contributed by atoms with van der Waals surface area (Å²) in [5.74, 6) is -0.875. The summed E-state index contributed by atoms with van der Waals surface area (Å²) >= 11 is 0. The third kappa shape index (κ3) is 4.52. The molecule has 0 aromatic heterocycles. The molecule has 0 radical (unpaired) electrons. The first-order valence-corrected chi connectivity index (χ1v) is 12.1. The van der Waals surface area contributed by atoms with Crippen LogP contribution in [0.25, 0.3) is 0 Å². The standard InChI is InChI=1S/C23H25N3O5S/c1-16(24-21-18-12-6-7-13-19(18)32(29,30)25-21)23(28)31-20(17-10-4-2-5-11-17)22(27)26-14-8-3-9-15-26/h2,4-7,10-13,16,20H,3,8-9,14-15H2,1H3,(H,24,25). The zero-order valence-electron chi connectivity index (χ0n) is 17.7.